The number of aromatic nitrogens is 1. The van der Waals surface area contributed by atoms with Crippen molar-refractivity contribution in [3.8, 4) is 0 Å². The summed E-state index contributed by atoms with van der Waals surface area (Å²) in [6, 6.07) is 4.86. The van der Waals surface area contributed by atoms with Crippen molar-refractivity contribution < 1.29 is 23.8 Å². The molecule has 1 aliphatic rings. The highest BCUT2D eigenvalue weighted by Crippen LogP contribution is 2.51. The van der Waals surface area contributed by atoms with Crippen molar-refractivity contribution in [2.24, 2.45) is 0 Å². The minimum Gasteiger partial charge on any atom is -0.463 e. The van der Waals surface area contributed by atoms with E-state index in [0.717, 1.165) is 0 Å². The predicted molar refractivity (Wildman–Crippen MR) is 104 cm³/mol. The van der Waals surface area contributed by atoms with Gasteiger partial charge in [0.05, 0.1) is 27.8 Å². The number of nitro groups is 1. The molecule has 9 nitrogen and oxygen atoms in total. The third kappa shape index (κ3) is 2.98. The molecule has 1 atom stereocenters. The fourth-order valence-electron chi connectivity index (χ4n) is 3.67. The van der Waals surface area contributed by atoms with Crippen LogP contribution < -0.4 is 4.90 Å². The molecule has 1 aliphatic heterocycles. The first-order valence-corrected chi connectivity index (χ1v) is 9.07. The molecule has 0 spiro atoms. The first-order valence-electron chi connectivity index (χ1n) is 8.70. The van der Waals surface area contributed by atoms with Crippen LogP contribution in [0.4, 0.5) is 11.4 Å². The van der Waals surface area contributed by atoms with Gasteiger partial charge in [-0.3, -0.25) is 14.9 Å². The van der Waals surface area contributed by atoms with Crippen LogP contribution in [0, 0.1) is 17.0 Å². The van der Waals surface area contributed by atoms with Gasteiger partial charge in [-0.15, -0.1) is 0 Å². The van der Waals surface area contributed by atoms with Crippen molar-refractivity contribution in [1.82, 2.24) is 5.16 Å². The normalized spacial score (nSPS) is 17.9. The van der Waals surface area contributed by atoms with Crippen molar-refractivity contribution in [2.45, 2.75) is 25.7 Å². The summed E-state index contributed by atoms with van der Waals surface area (Å²) in [5, 5.41) is 15.5. The number of hydrogen-bond donors (Lipinski definition) is 0. The molecule has 0 aliphatic carbocycles. The summed E-state index contributed by atoms with van der Waals surface area (Å²) in [6.07, 6.45) is -0.335. The molecule has 2 heterocycles. The molecule has 2 aromatic rings. The van der Waals surface area contributed by atoms with Gasteiger partial charge in [0.2, 0.25) is 11.7 Å². The zero-order valence-electron chi connectivity index (χ0n) is 16.0. The number of anilines is 1. The maximum atomic E-state index is 13.4. The molecular weight excluding hydrogens is 402 g/mol. The summed E-state index contributed by atoms with van der Waals surface area (Å²) >= 11 is 6.31. The molecule has 3 rings (SSSR count). The monoisotopic (exact) mass is 419 g/mol. The maximum absolute atomic E-state index is 13.4. The van der Waals surface area contributed by atoms with E-state index < -0.39 is 22.2 Å². The Morgan fingerprint density at radius 1 is 1.48 bits per heavy atom. The molecule has 0 N–H and O–H groups in total. The number of ether oxygens (including phenoxy) is 1. The molecule has 1 unspecified atom stereocenters. The number of hydrogen-bond acceptors (Lipinski definition) is 7. The maximum Gasteiger partial charge on any atom is 0.334 e. The number of likely N-dealkylation sites (N-methyl/N-ethyl adjacent to an activating group) is 1. The van der Waals surface area contributed by atoms with Crippen LogP contribution in [0.25, 0.3) is 0 Å². The zero-order chi connectivity index (χ0) is 21.5. The third-order valence-corrected chi connectivity index (χ3v) is 5.30. The van der Waals surface area contributed by atoms with Gasteiger partial charge >= 0.3 is 11.7 Å². The van der Waals surface area contributed by atoms with Crippen LogP contribution >= 0.6 is 11.6 Å². The molecule has 0 saturated carbocycles. The fraction of sp³-hybridized carbons (Fsp3) is 0.316. The van der Waals surface area contributed by atoms with E-state index in [1.165, 1.54) is 18.9 Å². The minimum atomic E-state index is -1.68. The van der Waals surface area contributed by atoms with Gasteiger partial charge in [0.25, 0.3) is 0 Å². The number of carbonyl (C=O) groups is 2. The average molecular weight is 420 g/mol. The second-order valence-electron chi connectivity index (χ2n) is 6.58. The van der Waals surface area contributed by atoms with E-state index in [-0.39, 0.29) is 35.7 Å². The van der Waals surface area contributed by atoms with Crippen LogP contribution in [0.2, 0.25) is 5.02 Å². The number of amides is 1. The van der Waals surface area contributed by atoms with E-state index in [4.69, 9.17) is 20.9 Å². The lowest BCUT2D eigenvalue weighted by atomic mass is 9.72. The Morgan fingerprint density at radius 2 is 2.17 bits per heavy atom. The number of esters is 1. The van der Waals surface area contributed by atoms with Crippen molar-refractivity contribution in [3.05, 3.63) is 62.5 Å². The van der Waals surface area contributed by atoms with E-state index >= 15 is 0 Å². The molecule has 0 bridgehead atoms. The second kappa shape index (κ2) is 7.32. The first kappa shape index (κ1) is 20.5. The van der Waals surface area contributed by atoms with Gasteiger partial charge in [0.1, 0.15) is 5.41 Å². The van der Waals surface area contributed by atoms with Gasteiger partial charge in [-0.25, -0.2) is 4.79 Å². The Labute approximate surface area is 171 Å². The van der Waals surface area contributed by atoms with Crippen LogP contribution in [0.3, 0.4) is 0 Å². The summed E-state index contributed by atoms with van der Waals surface area (Å²) in [6.45, 7) is 6.94. The summed E-state index contributed by atoms with van der Waals surface area (Å²) in [4.78, 5) is 38.2. The van der Waals surface area contributed by atoms with Crippen molar-refractivity contribution >= 4 is 34.9 Å². The number of aryl methyl sites for hydroxylation is 1. The standard InChI is InChI=1S/C19H18ClN3O6/c1-5-28-17(24)10(2)19(9-14-15(23(26)27)11(3)21-29-14)12-7-6-8-13(20)16(12)22(4)18(19)25/h6-8H,2,5,9H2,1,3-4H3. The Balaban J connectivity index is 2.27. The Kier molecular flexibility index (Phi) is 5.18. The molecule has 0 saturated heterocycles. The number of halogens is 1. The lowest BCUT2D eigenvalue weighted by molar-refractivity contribution is -0.386. The molecule has 29 heavy (non-hydrogen) atoms. The lowest BCUT2D eigenvalue weighted by Crippen LogP contribution is -2.44. The molecule has 10 heteroatoms. The summed E-state index contributed by atoms with van der Waals surface area (Å²) in [5.41, 5.74) is -1.36. The molecule has 0 radical (unpaired) electrons. The van der Waals surface area contributed by atoms with E-state index in [1.54, 1.807) is 25.1 Å². The van der Waals surface area contributed by atoms with Crippen molar-refractivity contribution in [2.75, 3.05) is 18.6 Å². The van der Waals surface area contributed by atoms with Gasteiger partial charge in [0, 0.05) is 13.5 Å². The molecular formula is C19H18ClN3O6. The Bertz CT molecular complexity index is 1050. The largest absolute Gasteiger partial charge is 0.463 e. The van der Waals surface area contributed by atoms with E-state index in [1.807, 2.05) is 0 Å². The first-order chi connectivity index (χ1) is 13.7. The fourth-order valence-corrected chi connectivity index (χ4v) is 3.97. The zero-order valence-corrected chi connectivity index (χ0v) is 16.8. The molecule has 152 valence electrons. The average Bonchev–Trinajstić information content (AvgIpc) is 3.13. The highest BCUT2D eigenvalue weighted by atomic mass is 35.5. The van der Waals surface area contributed by atoms with Crippen LogP contribution in [-0.2, 0) is 26.2 Å². The summed E-state index contributed by atoms with van der Waals surface area (Å²) < 4.78 is 10.2. The quantitative estimate of drug-likeness (QED) is 0.305. The van der Waals surface area contributed by atoms with Gasteiger partial charge in [0.15, 0.2) is 5.69 Å². The third-order valence-electron chi connectivity index (χ3n) is 5.00. The minimum absolute atomic E-state index is 0.0621. The lowest BCUT2D eigenvalue weighted by Gasteiger charge is -2.28. The van der Waals surface area contributed by atoms with Crippen LogP contribution in [0.15, 0.2) is 34.9 Å². The molecule has 1 amide bonds. The Hall–Kier alpha value is -3.20. The number of nitrogens with zero attached hydrogens (tertiary/aromatic N) is 3. The van der Waals surface area contributed by atoms with Gasteiger partial charge in [-0.05, 0) is 25.5 Å². The van der Waals surface area contributed by atoms with Crippen LogP contribution in [-0.4, -0.2) is 35.6 Å². The summed E-state index contributed by atoms with van der Waals surface area (Å²) in [7, 11) is 1.51. The number of fused-ring (bicyclic) bond motifs is 1. The number of para-hydroxylation sites is 1. The second-order valence-corrected chi connectivity index (χ2v) is 6.99. The highest BCUT2D eigenvalue weighted by molar-refractivity contribution is 6.35. The van der Waals surface area contributed by atoms with E-state index in [2.05, 4.69) is 11.7 Å². The number of benzene rings is 1. The smallest absolute Gasteiger partial charge is 0.334 e. The number of carbonyl (C=O) groups excluding carboxylic acids is 2. The van der Waals surface area contributed by atoms with E-state index in [0.29, 0.717) is 16.3 Å². The topological polar surface area (TPSA) is 116 Å². The van der Waals surface area contributed by atoms with Crippen LogP contribution in [0.1, 0.15) is 23.9 Å². The van der Waals surface area contributed by atoms with E-state index in [9.17, 15) is 19.7 Å². The SMILES string of the molecule is C=C(C(=O)OCC)C1(Cc2onc(C)c2[N+](=O)[O-])C(=O)N(C)c2c(Cl)cccc21. The van der Waals surface area contributed by atoms with Crippen molar-refractivity contribution in [3.63, 3.8) is 0 Å². The Morgan fingerprint density at radius 3 is 2.79 bits per heavy atom. The van der Waals surface area contributed by atoms with Gasteiger partial charge < -0.3 is 14.2 Å². The number of rotatable bonds is 6. The molecule has 1 aromatic heterocycles. The van der Waals surface area contributed by atoms with Gasteiger partial charge in [-0.1, -0.05) is 35.5 Å². The van der Waals surface area contributed by atoms with Gasteiger partial charge in [-0.2, -0.15) is 0 Å². The van der Waals surface area contributed by atoms with Crippen LogP contribution in [0.5, 0.6) is 0 Å². The molecule has 1 aromatic carbocycles. The highest BCUT2D eigenvalue weighted by Gasteiger charge is 2.56. The molecule has 0 fully saturated rings. The van der Waals surface area contributed by atoms with Crippen molar-refractivity contribution in [1.29, 1.82) is 0 Å². The predicted octanol–water partition coefficient (Wildman–Crippen LogP) is 3.12. The summed E-state index contributed by atoms with van der Waals surface area (Å²) in [5.74, 6) is -1.46.